The maximum Gasteiger partial charge on any atom is 0.185 e. The molecule has 4 nitrogen and oxygen atoms in total. The SMILES string of the molecule is CCN(CC)c1ncc(CNCc2ccc(C)nc2)s1. The number of anilines is 1. The van der Waals surface area contributed by atoms with Crippen molar-refractivity contribution in [2.45, 2.75) is 33.9 Å². The Morgan fingerprint density at radius 2 is 1.90 bits per heavy atom. The number of hydrogen-bond donors (Lipinski definition) is 1. The zero-order valence-electron chi connectivity index (χ0n) is 12.4. The Kier molecular flexibility index (Phi) is 5.49. The Balaban J connectivity index is 1.84. The smallest absolute Gasteiger partial charge is 0.185 e. The fourth-order valence-corrected chi connectivity index (χ4v) is 2.96. The van der Waals surface area contributed by atoms with Crippen molar-refractivity contribution in [1.29, 1.82) is 0 Å². The number of aryl methyl sites for hydroxylation is 1. The number of hydrogen-bond acceptors (Lipinski definition) is 5. The largest absolute Gasteiger partial charge is 0.349 e. The number of nitrogens with zero attached hydrogens (tertiary/aromatic N) is 3. The van der Waals surface area contributed by atoms with Gasteiger partial charge >= 0.3 is 0 Å². The van der Waals surface area contributed by atoms with Gasteiger partial charge in [-0.1, -0.05) is 6.07 Å². The standard InChI is InChI=1S/C15H22N4S/c1-4-19(5-2)15-18-11-14(20-15)10-16-8-13-7-6-12(3)17-9-13/h6-7,9,11,16H,4-5,8,10H2,1-3H3. The Labute approximate surface area is 124 Å². The van der Waals surface area contributed by atoms with Crippen LogP contribution >= 0.6 is 11.3 Å². The zero-order chi connectivity index (χ0) is 14.4. The second-order valence-corrected chi connectivity index (χ2v) is 5.79. The van der Waals surface area contributed by atoms with Crippen molar-refractivity contribution in [3.05, 3.63) is 40.7 Å². The molecule has 0 atom stereocenters. The van der Waals surface area contributed by atoms with E-state index in [4.69, 9.17) is 0 Å². The molecule has 0 amide bonds. The highest BCUT2D eigenvalue weighted by molar-refractivity contribution is 7.15. The third-order valence-electron chi connectivity index (χ3n) is 3.18. The molecule has 0 saturated carbocycles. The lowest BCUT2D eigenvalue weighted by Crippen LogP contribution is -2.21. The van der Waals surface area contributed by atoms with Crippen LogP contribution in [0.3, 0.4) is 0 Å². The molecule has 0 radical (unpaired) electrons. The van der Waals surface area contributed by atoms with E-state index in [2.05, 4.69) is 40.1 Å². The molecule has 0 fully saturated rings. The van der Waals surface area contributed by atoms with Crippen molar-refractivity contribution in [3.8, 4) is 0 Å². The van der Waals surface area contributed by atoms with Gasteiger partial charge in [0.25, 0.3) is 0 Å². The second-order valence-electron chi connectivity index (χ2n) is 4.69. The highest BCUT2D eigenvalue weighted by atomic mass is 32.1. The van der Waals surface area contributed by atoms with E-state index in [-0.39, 0.29) is 0 Å². The van der Waals surface area contributed by atoms with Crippen molar-refractivity contribution < 1.29 is 0 Å². The monoisotopic (exact) mass is 290 g/mol. The molecular formula is C15H22N4S. The Morgan fingerprint density at radius 3 is 2.55 bits per heavy atom. The lowest BCUT2D eigenvalue weighted by molar-refractivity contribution is 0.697. The molecule has 0 aliphatic rings. The van der Waals surface area contributed by atoms with E-state index in [0.29, 0.717) is 0 Å². The van der Waals surface area contributed by atoms with Gasteiger partial charge in [0.1, 0.15) is 0 Å². The van der Waals surface area contributed by atoms with Gasteiger partial charge in [0.05, 0.1) is 0 Å². The van der Waals surface area contributed by atoms with E-state index in [1.165, 1.54) is 10.4 Å². The summed E-state index contributed by atoms with van der Waals surface area (Å²) in [5.74, 6) is 0. The molecule has 0 aromatic carbocycles. The van der Waals surface area contributed by atoms with E-state index in [0.717, 1.165) is 37.0 Å². The van der Waals surface area contributed by atoms with Crippen molar-refractivity contribution in [3.63, 3.8) is 0 Å². The quantitative estimate of drug-likeness (QED) is 0.851. The van der Waals surface area contributed by atoms with Gasteiger partial charge in [-0.2, -0.15) is 0 Å². The minimum absolute atomic E-state index is 0.839. The predicted octanol–water partition coefficient (Wildman–Crippen LogP) is 2.98. The summed E-state index contributed by atoms with van der Waals surface area (Å²) < 4.78 is 0. The zero-order valence-corrected chi connectivity index (χ0v) is 13.2. The van der Waals surface area contributed by atoms with Gasteiger partial charge < -0.3 is 10.2 Å². The summed E-state index contributed by atoms with van der Waals surface area (Å²) in [6.45, 7) is 10.0. The van der Waals surface area contributed by atoms with Crippen LogP contribution in [-0.4, -0.2) is 23.1 Å². The van der Waals surface area contributed by atoms with Gasteiger partial charge in [0.2, 0.25) is 0 Å². The lowest BCUT2D eigenvalue weighted by Gasteiger charge is -2.16. The average molecular weight is 290 g/mol. The highest BCUT2D eigenvalue weighted by Gasteiger charge is 2.07. The molecule has 0 spiro atoms. The van der Waals surface area contributed by atoms with Gasteiger partial charge in [0, 0.05) is 49.1 Å². The molecule has 2 heterocycles. The van der Waals surface area contributed by atoms with Crippen molar-refractivity contribution in [1.82, 2.24) is 15.3 Å². The first kappa shape index (κ1) is 14.9. The predicted molar refractivity (Wildman–Crippen MR) is 85.2 cm³/mol. The minimum atomic E-state index is 0.839. The fourth-order valence-electron chi connectivity index (χ4n) is 1.95. The van der Waals surface area contributed by atoms with Gasteiger partial charge in [-0.05, 0) is 32.4 Å². The van der Waals surface area contributed by atoms with E-state index >= 15 is 0 Å². The van der Waals surface area contributed by atoms with Crippen molar-refractivity contribution in [2.24, 2.45) is 0 Å². The topological polar surface area (TPSA) is 41.1 Å². The van der Waals surface area contributed by atoms with E-state index in [1.807, 2.05) is 25.4 Å². The molecule has 2 aromatic heterocycles. The molecule has 0 aliphatic carbocycles. The summed E-state index contributed by atoms with van der Waals surface area (Å²) in [7, 11) is 0. The van der Waals surface area contributed by atoms with Crippen LogP contribution in [0.25, 0.3) is 0 Å². The van der Waals surface area contributed by atoms with Crippen LogP contribution in [-0.2, 0) is 13.1 Å². The van der Waals surface area contributed by atoms with E-state index < -0.39 is 0 Å². The highest BCUT2D eigenvalue weighted by Crippen LogP contribution is 2.22. The summed E-state index contributed by atoms with van der Waals surface area (Å²) in [6.07, 6.45) is 3.90. The molecule has 0 saturated heterocycles. The molecule has 1 N–H and O–H groups in total. The van der Waals surface area contributed by atoms with Gasteiger partial charge in [-0.15, -0.1) is 11.3 Å². The molecule has 5 heteroatoms. The van der Waals surface area contributed by atoms with Crippen LogP contribution in [0, 0.1) is 6.92 Å². The molecule has 2 aromatic rings. The first-order valence-electron chi connectivity index (χ1n) is 7.04. The summed E-state index contributed by atoms with van der Waals surface area (Å²) in [5.41, 5.74) is 2.27. The minimum Gasteiger partial charge on any atom is -0.349 e. The normalized spacial score (nSPS) is 10.8. The summed E-state index contributed by atoms with van der Waals surface area (Å²) in [5, 5.41) is 4.55. The maximum absolute atomic E-state index is 4.49. The van der Waals surface area contributed by atoms with Crippen LogP contribution in [0.2, 0.25) is 0 Å². The molecule has 0 bridgehead atoms. The lowest BCUT2D eigenvalue weighted by atomic mass is 10.2. The number of aromatic nitrogens is 2. The summed E-state index contributed by atoms with van der Waals surface area (Å²) in [4.78, 5) is 12.3. The second kappa shape index (κ2) is 7.36. The Bertz CT molecular complexity index is 517. The van der Waals surface area contributed by atoms with Gasteiger partial charge in [-0.25, -0.2) is 4.98 Å². The number of thiazole rings is 1. The average Bonchev–Trinajstić information content (AvgIpc) is 2.91. The molecule has 0 aliphatic heterocycles. The molecular weight excluding hydrogens is 268 g/mol. The van der Waals surface area contributed by atoms with Crippen LogP contribution < -0.4 is 10.2 Å². The van der Waals surface area contributed by atoms with E-state index in [9.17, 15) is 0 Å². The summed E-state index contributed by atoms with van der Waals surface area (Å²) in [6, 6.07) is 4.16. The Morgan fingerprint density at radius 1 is 1.10 bits per heavy atom. The first-order chi connectivity index (χ1) is 9.72. The number of rotatable bonds is 7. The number of pyridine rings is 1. The third kappa shape index (κ3) is 4.02. The third-order valence-corrected chi connectivity index (χ3v) is 4.23. The van der Waals surface area contributed by atoms with Gasteiger partial charge in [-0.3, -0.25) is 4.98 Å². The summed E-state index contributed by atoms with van der Waals surface area (Å²) >= 11 is 1.76. The van der Waals surface area contributed by atoms with Gasteiger partial charge in [0.15, 0.2) is 5.13 Å². The van der Waals surface area contributed by atoms with Crippen LogP contribution in [0.5, 0.6) is 0 Å². The van der Waals surface area contributed by atoms with Crippen LogP contribution in [0.1, 0.15) is 30.0 Å². The van der Waals surface area contributed by atoms with Crippen LogP contribution in [0.15, 0.2) is 24.5 Å². The van der Waals surface area contributed by atoms with Crippen molar-refractivity contribution in [2.75, 3.05) is 18.0 Å². The fraction of sp³-hybridized carbons (Fsp3) is 0.467. The van der Waals surface area contributed by atoms with E-state index in [1.54, 1.807) is 11.3 Å². The first-order valence-corrected chi connectivity index (χ1v) is 7.86. The molecule has 0 unspecified atom stereocenters. The number of nitrogens with one attached hydrogen (secondary N) is 1. The van der Waals surface area contributed by atoms with Crippen LogP contribution in [0.4, 0.5) is 5.13 Å². The molecule has 20 heavy (non-hydrogen) atoms. The Hall–Kier alpha value is -1.46. The molecule has 2 rings (SSSR count). The molecule has 108 valence electrons. The van der Waals surface area contributed by atoms with Crippen molar-refractivity contribution >= 4 is 16.5 Å². The maximum atomic E-state index is 4.49.